The highest BCUT2D eigenvalue weighted by Gasteiger charge is 2.32. The van der Waals surface area contributed by atoms with Gasteiger partial charge in [0.1, 0.15) is 12.4 Å². The molecule has 0 unspecified atom stereocenters. The van der Waals surface area contributed by atoms with Crippen LogP contribution in [0.25, 0.3) is 0 Å². The smallest absolute Gasteiger partial charge is 0.404 e. The minimum atomic E-state index is -4.80. The summed E-state index contributed by atoms with van der Waals surface area (Å²) < 4.78 is 43.6. The Morgan fingerprint density at radius 3 is 2.55 bits per heavy atom. The molecule has 1 heterocycles. The first kappa shape index (κ1) is 24.5. The Hall–Kier alpha value is -2.76. The van der Waals surface area contributed by atoms with Gasteiger partial charge in [-0.3, -0.25) is 0 Å². The van der Waals surface area contributed by atoms with E-state index in [1.54, 1.807) is 12.3 Å². The van der Waals surface area contributed by atoms with Crippen LogP contribution in [0.3, 0.4) is 0 Å². The van der Waals surface area contributed by atoms with Gasteiger partial charge in [0.25, 0.3) is 0 Å². The second kappa shape index (κ2) is 11.6. The van der Waals surface area contributed by atoms with E-state index in [4.69, 9.17) is 5.73 Å². The summed E-state index contributed by atoms with van der Waals surface area (Å²) >= 11 is 0. The number of alkyl halides is 3. The fraction of sp³-hybridized carbons (Fsp3) is 0.238. The summed E-state index contributed by atoms with van der Waals surface area (Å²) in [6.07, 6.45) is 0.637. The van der Waals surface area contributed by atoms with Crippen LogP contribution in [-0.2, 0) is 19.5 Å². The molecule has 3 rings (SSSR count). The monoisotopic (exact) mass is 545 g/mol. The molecule has 0 aliphatic rings. The van der Waals surface area contributed by atoms with Gasteiger partial charge < -0.3 is 20.4 Å². The fourth-order valence-corrected chi connectivity index (χ4v) is 2.91. The number of benzene rings is 2. The average molecular weight is 545 g/mol. The highest BCUT2D eigenvalue weighted by molar-refractivity contribution is 14.0. The summed E-state index contributed by atoms with van der Waals surface area (Å²) in [5, 5.41) is 2.65. The Morgan fingerprint density at radius 2 is 1.81 bits per heavy atom. The van der Waals surface area contributed by atoms with Gasteiger partial charge in [-0.2, -0.15) is 0 Å². The molecule has 0 atom stereocenters. The SMILES string of the molecule is I.NC(=NCc1nccn1CCCc1ccccc1)Nc1ccccc1OC(F)(F)F. The van der Waals surface area contributed by atoms with Gasteiger partial charge in [-0.1, -0.05) is 42.5 Å². The molecule has 2 aromatic carbocycles. The second-order valence-electron chi connectivity index (χ2n) is 6.50. The van der Waals surface area contributed by atoms with E-state index in [0.29, 0.717) is 5.82 Å². The maximum absolute atomic E-state index is 12.5. The van der Waals surface area contributed by atoms with Gasteiger partial charge in [0.05, 0.1) is 5.69 Å². The summed E-state index contributed by atoms with van der Waals surface area (Å²) in [5.41, 5.74) is 7.19. The molecule has 0 amide bonds. The molecule has 0 spiro atoms. The number of nitrogens with two attached hydrogens (primary N) is 1. The molecule has 0 aliphatic heterocycles. The molecule has 10 heteroatoms. The van der Waals surface area contributed by atoms with Crippen LogP contribution in [0.2, 0.25) is 0 Å². The Kier molecular flexibility index (Phi) is 9.16. The van der Waals surface area contributed by atoms with Gasteiger partial charge in [-0.15, -0.1) is 37.1 Å². The second-order valence-corrected chi connectivity index (χ2v) is 6.50. The van der Waals surface area contributed by atoms with E-state index in [-0.39, 0.29) is 47.9 Å². The zero-order valence-electron chi connectivity index (χ0n) is 16.5. The lowest BCUT2D eigenvalue weighted by atomic mass is 10.1. The van der Waals surface area contributed by atoms with Crippen LogP contribution >= 0.6 is 24.0 Å². The Morgan fingerprint density at radius 1 is 1.10 bits per heavy atom. The molecule has 31 heavy (non-hydrogen) atoms. The van der Waals surface area contributed by atoms with E-state index in [1.165, 1.54) is 23.8 Å². The van der Waals surface area contributed by atoms with Crippen molar-refractivity contribution < 1.29 is 17.9 Å². The summed E-state index contributed by atoms with van der Waals surface area (Å²) in [6.45, 7) is 0.967. The number of nitrogens with zero attached hydrogens (tertiary/aromatic N) is 3. The molecule has 0 aliphatic carbocycles. The molecule has 6 nitrogen and oxygen atoms in total. The van der Waals surface area contributed by atoms with Crippen molar-refractivity contribution in [2.45, 2.75) is 32.3 Å². The predicted octanol–water partition coefficient (Wildman–Crippen LogP) is 4.96. The van der Waals surface area contributed by atoms with Crippen LogP contribution < -0.4 is 15.8 Å². The highest BCUT2D eigenvalue weighted by atomic mass is 127. The van der Waals surface area contributed by atoms with E-state index >= 15 is 0 Å². The lowest BCUT2D eigenvalue weighted by molar-refractivity contribution is -0.274. The molecule has 0 saturated carbocycles. The summed E-state index contributed by atoms with van der Waals surface area (Å²) in [7, 11) is 0. The number of para-hydroxylation sites is 2. The average Bonchev–Trinajstić information content (AvgIpc) is 3.15. The van der Waals surface area contributed by atoms with Gasteiger partial charge in [0.15, 0.2) is 11.7 Å². The number of aliphatic imine (C=N–C) groups is 1. The molecular formula is C21H23F3IN5O. The Balaban J connectivity index is 0.00000341. The van der Waals surface area contributed by atoms with Crippen molar-refractivity contribution in [3.05, 3.63) is 78.4 Å². The van der Waals surface area contributed by atoms with Crippen molar-refractivity contribution in [1.82, 2.24) is 9.55 Å². The Labute approximate surface area is 195 Å². The zero-order valence-corrected chi connectivity index (χ0v) is 18.9. The van der Waals surface area contributed by atoms with E-state index in [2.05, 4.69) is 32.2 Å². The van der Waals surface area contributed by atoms with Crippen molar-refractivity contribution in [3.8, 4) is 5.75 Å². The number of hydrogen-bond donors (Lipinski definition) is 2. The molecule has 0 saturated heterocycles. The van der Waals surface area contributed by atoms with E-state index in [1.807, 2.05) is 29.0 Å². The third-order valence-corrected chi connectivity index (χ3v) is 4.28. The van der Waals surface area contributed by atoms with Gasteiger partial charge in [0, 0.05) is 18.9 Å². The molecule has 0 radical (unpaired) electrons. The standard InChI is InChI=1S/C21H22F3N5O.HI/c22-21(23,24)30-18-11-5-4-10-17(18)28-20(25)27-15-19-26-12-14-29(19)13-6-9-16-7-2-1-3-8-16;/h1-5,7-8,10-12,14H,6,9,13,15H2,(H3,25,27,28);1H. The van der Waals surface area contributed by atoms with Crippen LogP contribution in [0, 0.1) is 0 Å². The van der Waals surface area contributed by atoms with Crippen LogP contribution in [0.15, 0.2) is 72.0 Å². The van der Waals surface area contributed by atoms with Crippen molar-refractivity contribution in [3.63, 3.8) is 0 Å². The van der Waals surface area contributed by atoms with Crippen LogP contribution in [0.5, 0.6) is 5.75 Å². The van der Waals surface area contributed by atoms with Crippen molar-refractivity contribution in [1.29, 1.82) is 0 Å². The normalized spacial score (nSPS) is 11.6. The molecule has 3 N–H and O–H groups in total. The van der Waals surface area contributed by atoms with E-state index in [9.17, 15) is 13.2 Å². The summed E-state index contributed by atoms with van der Waals surface area (Å²) in [5.74, 6) is 0.297. The lowest BCUT2D eigenvalue weighted by Gasteiger charge is -2.14. The number of halogens is 4. The number of nitrogens with one attached hydrogen (secondary N) is 1. The Bertz CT molecular complexity index is 976. The summed E-state index contributed by atoms with van der Waals surface area (Å²) in [6, 6.07) is 15.8. The summed E-state index contributed by atoms with van der Waals surface area (Å²) in [4.78, 5) is 8.48. The van der Waals surface area contributed by atoms with E-state index in [0.717, 1.165) is 19.4 Å². The quantitative estimate of drug-likeness (QED) is 0.239. The van der Waals surface area contributed by atoms with Gasteiger partial charge in [-0.25, -0.2) is 9.98 Å². The largest absolute Gasteiger partial charge is 0.573 e. The molecule has 166 valence electrons. The molecule has 0 bridgehead atoms. The first-order valence-corrected chi connectivity index (χ1v) is 9.36. The van der Waals surface area contributed by atoms with Gasteiger partial charge in [-0.05, 0) is 30.5 Å². The number of hydrogen-bond acceptors (Lipinski definition) is 3. The van der Waals surface area contributed by atoms with E-state index < -0.39 is 6.36 Å². The minimum Gasteiger partial charge on any atom is -0.404 e. The predicted molar refractivity (Wildman–Crippen MR) is 124 cm³/mol. The van der Waals surface area contributed by atoms with Crippen molar-refractivity contribution in [2.24, 2.45) is 10.7 Å². The number of anilines is 1. The van der Waals surface area contributed by atoms with Crippen LogP contribution in [0.4, 0.5) is 18.9 Å². The number of aryl methyl sites for hydroxylation is 2. The first-order valence-electron chi connectivity index (χ1n) is 9.36. The third-order valence-electron chi connectivity index (χ3n) is 4.28. The highest BCUT2D eigenvalue weighted by Crippen LogP contribution is 2.29. The molecule has 3 aromatic rings. The maximum atomic E-state index is 12.5. The number of imidazole rings is 1. The maximum Gasteiger partial charge on any atom is 0.573 e. The van der Waals surface area contributed by atoms with Gasteiger partial charge in [0.2, 0.25) is 0 Å². The van der Waals surface area contributed by atoms with Crippen molar-refractivity contribution in [2.75, 3.05) is 5.32 Å². The number of rotatable bonds is 8. The number of guanidine groups is 1. The molecular weight excluding hydrogens is 522 g/mol. The number of ether oxygens (including phenoxy) is 1. The first-order chi connectivity index (χ1) is 14.4. The molecule has 1 aromatic heterocycles. The van der Waals surface area contributed by atoms with Crippen LogP contribution in [0.1, 0.15) is 17.8 Å². The molecule has 0 fully saturated rings. The lowest BCUT2D eigenvalue weighted by Crippen LogP contribution is -2.24. The van der Waals surface area contributed by atoms with Crippen molar-refractivity contribution >= 4 is 35.6 Å². The third kappa shape index (κ3) is 8.12. The van der Waals surface area contributed by atoms with Gasteiger partial charge >= 0.3 is 6.36 Å². The topological polar surface area (TPSA) is 77.5 Å². The van der Waals surface area contributed by atoms with Crippen LogP contribution in [-0.4, -0.2) is 21.9 Å². The number of aromatic nitrogens is 2. The fourth-order valence-electron chi connectivity index (χ4n) is 2.91. The zero-order chi connectivity index (χ0) is 21.4. The minimum absolute atomic E-state index is 0.